The Bertz CT molecular complexity index is 828. The zero-order valence-corrected chi connectivity index (χ0v) is 12.6. The van der Waals surface area contributed by atoms with Crippen LogP contribution in [0, 0.1) is 0 Å². The molecule has 3 rings (SSSR count). The number of hydrogen-bond acceptors (Lipinski definition) is 2. The fraction of sp³-hybridized carbons (Fsp3) is 0.0667. The van der Waals surface area contributed by atoms with Crippen LogP contribution in [0.15, 0.2) is 42.5 Å². The van der Waals surface area contributed by atoms with E-state index in [0.29, 0.717) is 27.1 Å². The summed E-state index contributed by atoms with van der Waals surface area (Å²) in [5.41, 5.74) is 2.05. The molecule has 0 aliphatic heterocycles. The van der Waals surface area contributed by atoms with Gasteiger partial charge in [0.2, 0.25) is 5.95 Å². The lowest BCUT2D eigenvalue weighted by Crippen LogP contribution is -2.14. The molecule has 0 spiro atoms. The van der Waals surface area contributed by atoms with E-state index in [9.17, 15) is 4.79 Å². The minimum Gasteiger partial charge on any atom is -0.313 e. The van der Waals surface area contributed by atoms with Crippen LogP contribution in [0.5, 0.6) is 0 Å². The van der Waals surface area contributed by atoms with Crippen molar-refractivity contribution < 1.29 is 4.79 Å². The lowest BCUT2D eigenvalue weighted by atomic mass is 10.2. The Morgan fingerprint density at radius 3 is 2.52 bits per heavy atom. The first-order valence-electron chi connectivity index (χ1n) is 6.24. The van der Waals surface area contributed by atoms with Gasteiger partial charge in [0.1, 0.15) is 0 Å². The lowest BCUT2D eigenvalue weighted by molar-refractivity contribution is 0.102. The van der Waals surface area contributed by atoms with E-state index < -0.39 is 0 Å². The Hall–Kier alpha value is -2.04. The van der Waals surface area contributed by atoms with Crippen molar-refractivity contribution in [1.82, 2.24) is 9.55 Å². The first-order valence-corrected chi connectivity index (χ1v) is 7.00. The van der Waals surface area contributed by atoms with Gasteiger partial charge in [-0.2, -0.15) is 0 Å². The maximum Gasteiger partial charge on any atom is 0.257 e. The van der Waals surface area contributed by atoms with Gasteiger partial charge in [0.15, 0.2) is 0 Å². The van der Waals surface area contributed by atoms with Crippen LogP contribution in [-0.4, -0.2) is 15.5 Å². The fourth-order valence-corrected chi connectivity index (χ4v) is 2.38. The molecule has 4 nitrogen and oxygen atoms in total. The third-order valence-corrected chi connectivity index (χ3v) is 3.91. The SMILES string of the molecule is Cn1c(NC(=O)c2ccccc2)nc2cc(Cl)c(Cl)cc21. The third kappa shape index (κ3) is 2.60. The third-order valence-electron chi connectivity index (χ3n) is 3.18. The van der Waals surface area contributed by atoms with E-state index in [1.165, 1.54) is 0 Å². The van der Waals surface area contributed by atoms with Crippen LogP contribution in [0.1, 0.15) is 10.4 Å². The maximum atomic E-state index is 12.2. The molecule has 0 fully saturated rings. The van der Waals surface area contributed by atoms with E-state index in [-0.39, 0.29) is 5.91 Å². The van der Waals surface area contributed by atoms with Crippen molar-refractivity contribution in [2.24, 2.45) is 7.05 Å². The highest BCUT2D eigenvalue weighted by molar-refractivity contribution is 6.42. The van der Waals surface area contributed by atoms with Crippen molar-refractivity contribution in [3.63, 3.8) is 0 Å². The molecular weight excluding hydrogens is 309 g/mol. The topological polar surface area (TPSA) is 46.9 Å². The molecular formula is C15H11Cl2N3O. The Morgan fingerprint density at radius 2 is 1.81 bits per heavy atom. The van der Waals surface area contributed by atoms with Gasteiger partial charge in [-0.15, -0.1) is 0 Å². The molecule has 21 heavy (non-hydrogen) atoms. The van der Waals surface area contributed by atoms with E-state index in [1.54, 1.807) is 35.9 Å². The van der Waals surface area contributed by atoms with E-state index in [0.717, 1.165) is 5.52 Å². The molecule has 0 unspecified atom stereocenters. The van der Waals surface area contributed by atoms with Crippen LogP contribution < -0.4 is 5.32 Å². The second-order valence-corrected chi connectivity index (χ2v) is 5.38. The minimum absolute atomic E-state index is 0.216. The van der Waals surface area contributed by atoms with Gasteiger partial charge < -0.3 is 4.57 Å². The molecule has 2 aromatic carbocycles. The molecule has 6 heteroatoms. The van der Waals surface area contributed by atoms with Crippen molar-refractivity contribution >= 4 is 46.1 Å². The Balaban J connectivity index is 1.98. The molecule has 1 aromatic heterocycles. The molecule has 0 saturated heterocycles. The Labute approximate surface area is 131 Å². The molecule has 3 aromatic rings. The molecule has 106 valence electrons. The van der Waals surface area contributed by atoms with Crippen LogP contribution in [0.2, 0.25) is 10.0 Å². The number of amides is 1. The zero-order valence-electron chi connectivity index (χ0n) is 11.1. The summed E-state index contributed by atoms with van der Waals surface area (Å²) in [6.45, 7) is 0. The number of nitrogens with zero attached hydrogens (tertiary/aromatic N) is 2. The summed E-state index contributed by atoms with van der Waals surface area (Å²) in [6, 6.07) is 12.4. The normalized spacial score (nSPS) is 10.8. The summed E-state index contributed by atoms with van der Waals surface area (Å²) in [6.07, 6.45) is 0. The fourth-order valence-electron chi connectivity index (χ4n) is 2.06. The molecule has 0 aliphatic rings. The van der Waals surface area contributed by atoms with E-state index in [1.807, 2.05) is 18.2 Å². The second kappa shape index (κ2) is 5.39. The van der Waals surface area contributed by atoms with Crippen LogP contribution in [0.3, 0.4) is 0 Å². The number of carbonyl (C=O) groups excluding carboxylic acids is 1. The average molecular weight is 320 g/mol. The summed E-state index contributed by atoms with van der Waals surface area (Å²) < 4.78 is 1.76. The first-order chi connectivity index (χ1) is 10.1. The number of aryl methyl sites for hydroxylation is 1. The van der Waals surface area contributed by atoms with Gasteiger partial charge >= 0.3 is 0 Å². The molecule has 0 atom stereocenters. The highest BCUT2D eigenvalue weighted by Gasteiger charge is 2.13. The van der Waals surface area contributed by atoms with Crippen molar-refractivity contribution in [3.8, 4) is 0 Å². The number of anilines is 1. The number of nitrogens with one attached hydrogen (secondary N) is 1. The van der Waals surface area contributed by atoms with Crippen LogP contribution >= 0.6 is 23.2 Å². The molecule has 1 heterocycles. The summed E-state index contributed by atoms with van der Waals surface area (Å²) in [5, 5.41) is 3.67. The van der Waals surface area contributed by atoms with Gasteiger partial charge in [-0.3, -0.25) is 10.1 Å². The molecule has 0 bridgehead atoms. The minimum atomic E-state index is -0.216. The largest absolute Gasteiger partial charge is 0.313 e. The van der Waals surface area contributed by atoms with Gasteiger partial charge in [0.25, 0.3) is 5.91 Å². The molecule has 0 saturated carbocycles. The summed E-state index contributed by atoms with van der Waals surface area (Å²) >= 11 is 12.0. The maximum absolute atomic E-state index is 12.2. The molecule has 0 radical (unpaired) electrons. The van der Waals surface area contributed by atoms with E-state index >= 15 is 0 Å². The Morgan fingerprint density at radius 1 is 1.14 bits per heavy atom. The first kappa shape index (κ1) is 13.9. The van der Waals surface area contributed by atoms with Crippen molar-refractivity contribution in [3.05, 3.63) is 58.1 Å². The number of hydrogen-bond donors (Lipinski definition) is 1. The zero-order chi connectivity index (χ0) is 15.0. The lowest BCUT2D eigenvalue weighted by Gasteiger charge is -2.05. The van der Waals surface area contributed by atoms with Crippen molar-refractivity contribution in [2.45, 2.75) is 0 Å². The van der Waals surface area contributed by atoms with Gasteiger partial charge in [-0.25, -0.2) is 4.98 Å². The average Bonchev–Trinajstić information content (AvgIpc) is 2.77. The number of benzene rings is 2. The quantitative estimate of drug-likeness (QED) is 0.771. The standard InChI is InChI=1S/C15H11Cl2N3O/c1-20-13-8-11(17)10(16)7-12(13)18-15(20)19-14(21)9-5-3-2-4-6-9/h2-8H,1H3,(H,18,19,21). The molecule has 0 aliphatic carbocycles. The van der Waals surface area contributed by atoms with Gasteiger partial charge in [0, 0.05) is 12.6 Å². The number of halogens is 2. The highest BCUT2D eigenvalue weighted by Crippen LogP contribution is 2.29. The number of imidazole rings is 1. The number of fused-ring (bicyclic) bond motifs is 1. The molecule has 1 amide bonds. The summed E-state index contributed by atoms with van der Waals surface area (Å²) in [4.78, 5) is 16.5. The second-order valence-electron chi connectivity index (χ2n) is 4.57. The van der Waals surface area contributed by atoms with Crippen LogP contribution in [-0.2, 0) is 7.05 Å². The van der Waals surface area contributed by atoms with E-state index in [4.69, 9.17) is 23.2 Å². The number of rotatable bonds is 2. The van der Waals surface area contributed by atoms with E-state index in [2.05, 4.69) is 10.3 Å². The predicted octanol–water partition coefficient (Wildman–Crippen LogP) is 4.13. The monoisotopic (exact) mass is 319 g/mol. The van der Waals surface area contributed by atoms with Crippen LogP contribution in [0.4, 0.5) is 5.95 Å². The number of carbonyl (C=O) groups is 1. The van der Waals surface area contributed by atoms with Crippen LogP contribution in [0.25, 0.3) is 11.0 Å². The highest BCUT2D eigenvalue weighted by atomic mass is 35.5. The summed E-state index contributed by atoms with van der Waals surface area (Å²) in [5.74, 6) is 0.225. The number of aromatic nitrogens is 2. The van der Waals surface area contributed by atoms with Crippen molar-refractivity contribution in [2.75, 3.05) is 5.32 Å². The molecule has 1 N–H and O–H groups in total. The smallest absolute Gasteiger partial charge is 0.257 e. The van der Waals surface area contributed by atoms with Gasteiger partial charge in [0.05, 0.1) is 21.1 Å². The van der Waals surface area contributed by atoms with Gasteiger partial charge in [-0.1, -0.05) is 41.4 Å². The Kier molecular flexibility index (Phi) is 3.57. The summed E-state index contributed by atoms with van der Waals surface area (Å²) in [7, 11) is 1.81. The predicted molar refractivity (Wildman–Crippen MR) is 85.1 cm³/mol. The van der Waals surface area contributed by atoms with Gasteiger partial charge in [-0.05, 0) is 24.3 Å². The van der Waals surface area contributed by atoms with Crippen molar-refractivity contribution in [1.29, 1.82) is 0 Å².